The average Bonchev–Trinajstić information content (AvgIpc) is 1.94. The monoisotopic (exact) mass is 810 g/mol. The van der Waals surface area contributed by atoms with Crippen molar-refractivity contribution < 1.29 is 162 Å². The maximum Gasteiger partial charge on any atom is 3.00 e. The summed E-state index contributed by atoms with van der Waals surface area (Å²) in [6, 6.07) is 0. The molecular weight excluding hydrogens is 810 g/mol. The van der Waals surface area contributed by atoms with Crippen molar-refractivity contribution >= 4 is 103 Å². The Labute approximate surface area is 261 Å². The molecule has 0 aromatic heterocycles. The van der Waals surface area contributed by atoms with Gasteiger partial charge < -0.3 is 60.1 Å². The second-order valence-corrected chi connectivity index (χ2v) is 7.35. The third kappa shape index (κ3) is 10800. The standard InChI is InChI=1S/Al.Cr.Fe.Mg.Ni.6H2O4S.H2O/c;;;;;6*1-5(2,3)4;/h;;;;;6*(H2,1,2,3,4);1H2/q2*+3;3*+2;;;;;;;/p-12. The van der Waals surface area contributed by atoms with Crippen LogP contribution in [-0.4, -0.2) is 151 Å². The fourth-order valence-corrected chi connectivity index (χ4v) is 0. The summed E-state index contributed by atoms with van der Waals surface area (Å²) in [5, 5.41) is 0. The van der Waals surface area contributed by atoms with Crippen molar-refractivity contribution in [3.63, 3.8) is 0 Å². The van der Waals surface area contributed by atoms with E-state index in [-0.39, 0.29) is 96.8 Å². The largest absolute Gasteiger partial charge is 3.00 e. The molecule has 0 bridgehead atoms. The van der Waals surface area contributed by atoms with Gasteiger partial charge in [-0.2, -0.15) is 0 Å². The van der Waals surface area contributed by atoms with Crippen molar-refractivity contribution in [2.75, 3.05) is 0 Å². The van der Waals surface area contributed by atoms with Gasteiger partial charge in [-0.15, -0.1) is 0 Å². The van der Waals surface area contributed by atoms with Crippen LogP contribution < -0.4 is 0 Å². The van der Waals surface area contributed by atoms with E-state index in [1.807, 2.05) is 0 Å². The van der Waals surface area contributed by atoms with Gasteiger partial charge in [0.05, 0.1) is 0 Å². The molecule has 0 aliphatic carbocycles. The normalized spacial score (nSPS) is 9.67. The first kappa shape index (κ1) is 77.0. The first-order valence-electron chi connectivity index (χ1n) is 4.00. The quantitative estimate of drug-likeness (QED) is 0.124. The van der Waals surface area contributed by atoms with Crippen LogP contribution in [0.25, 0.3) is 0 Å². The van der Waals surface area contributed by atoms with Crippen molar-refractivity contribution in [1.82, 2.24) is 0 Å². The molecule has 2 N–H and O–H groups in total. The van der Waals surface area contributed by atoms with E-state index >= 15 is 0 Å². The van der Waals surface area contributed by atoms with E-state index in [2.05, 4.69) is 0 Å². The predicted molar refractivity (Wildman–Crippen MR) is 78.0 cm³/mol. The zero-order chi connectivity index (χ0) is 27.0. The fourth-order valence-electron chi connectivity index (χ4n) is 0. The molecule has 0 unspecified atom stereocenters. The molecule has 0 atom stereocenters. The minimum atomic E-state index is -5.17. The van der Waals surface area contributed by atoms with Gasteiger partial charge in [0, 0.05) is 62.4 Å². The molecule has 1 radical (unpaired) electrons. The first-order chi connectivity index (χ1) is 12.0. The maximum atomic E-state index is 8.52. The van der Waals surface area contributed by atoms with Gasteiger partial charge >= 0.3 is 91.3 Å². The summed E-state index contributed by atoms with van der Waals surface area (Å²) in [5.74, 6) is 0. The molecule has 0 saturated carbocycles. The topological polar surface area (TPSA) is 513 Å². The first-order valence-corrected chi connectivity index (χ1v) is 12.0. The van der Waals surface area contributed by atoms with Gasteiger partial charge in [0.15, 0.2) is 0 Å². The molecule has 0 rings (SSSR count). The summed E-state index contributed by atoms with van der Waals surface area (Å²) in [5.41, 5.74) is 0. The summed E-state index contributed by atoms with van der Waals surface area (Å²) in [7, 11) is -31.0. The molecule has 36 heteroatoms. The molecule has 0 aliphatic heterocycles. The third-order valence-corrected chi connectivity index (χ3v) is 0. The van der Waals surface area contributed by atoms with Crippen LogP contribution in [0, 0.1) is 0 Å². The number of rotatable bonds is 0. The Morgan fingerprint density at radius 2 is 0.333 bits per heavy atom. The Hall–Kier alpha value is 2.02. The van der Waals surface area contributed by atoms with E-state index in [9.17, 15) is 0 Å². The minimum Gasteiger partial charge on any atom is -0.759 e. The van der Waals surface area contributed by atoms with Crippen LogP contribution in [0.15, 0.2) is 0 Å². The van der Waals surface area contributed by atoms with Crippen molar-refractivity contribution in [1.29, 1.82) is 0 Å². The predicted octanol–water partition coefficient (Wildman–Crippen LogP) is -9.62. The summed E-state index contributed by atoms with van der Waals surface area (Å²) in [6.07, 6.45) is 0. The van der Waals surface area contributed by atoms with Gasteiger partial charge in [-0.1, -0.05) is 0 Å². The van der Waals surface area contributed by atoms with Gasteiger partial charge in [0.1, 0.15) is 0 Å². The van der Waals surface area contributed by atoms with E-state index in [1.165, 1.54) is 0 Å². The van der Waals surface area contributed by atoms with Crippen molar-refractivity contribution in [2.24, 2.45) is 0 Å². The third-order valence-electron chi connectivity index (χ3n) is 0. The van der Waals surface area contributed by atoms with Crippen LogP contribution >= 0.6 is 0 Å². The Balaban J connectivity index is -0.0000000186. The number of hydrogen-bond donors (Lipinski definition) is 0. The van der Waals surface area contributed by atoms with Crippen LogP contribution in [0.5, 0.6) is 0 Å². The summed E-state index contributed by atoms with van der Waals surface area (Å²) in [4.78, 5) is 0. The second-order valence-electron chi connectivity index (χ2n) is 2.45. The SMILES string of the molecule is O.O=S(=O)([O-])[O-].O=S(=O)([O-])[O-].O=S(=O)([O-])[O-].O=S(=O)([O-])[O-].O=S(=O)([O-])[O-].O=S(=O)([O-])[O-].[Al+3].[Cr+3].[Fe+2].[Mg+2].[Ni+2]. The van der Waals surface area contributed by atoms with Gasteiger partial charge in [-0.05, 0) is 0 Å². The average molecular weight is 812 g/mol. The van der Waals surface area contributed by atoms with Gasteiger partial charge in [-0.25, -0.2) is 0 Å². The molecule has 0 fully saturated rings. The minimum absolute atomic E-state index is 0. The zero-order valence-corrected chi connectivity index (χ0v) is 25.9. The molecule has 0 aromatic carbocycles. The van der Waals surface area contributed by atoms with Crippen LogP contribution in [-0.2, 0) is 113 Å². The smallest absolute Gasteiger partial charge is 0.759 e. The Kier molecular flexibility index (Phi) is 71.0. The summed E-state index contributed by atoms with van der Waals surface area (Å²) >= 11 is 0. The van der Waals surface area contributed by atoms with Gasteiger partial charge in [0.2, 0.25) is 0 Å². The van der Waals surface area contributed by atoms with Crippen LogP contribution in [0.2, 0.25) is 0 Å². The molecule has 0 heterocycles. The molecular formula is H2AlCrFeMgNiO25S6. The molecule has 25 nitrogen and oxygen atoms in total. The van der Waals surface area contributed by atoms with E-state index < -0.39 is 62.4 Å². The molecule has 0 aliphatic rings. The Morgan fingerprint density at radius 3 is 0.333 bits per heavy atom. The summed E-state index contributed by atoms with van der Waals surface area (Å²) < 4.78 is 205. The van der Waals surface area contributed by atoms with E-state index in [1.54, 1.807) is 0 Å². The second kappa shape index (κ2) is 33.2. The van der Waals surface area contributed by atoms with Crippen molar-refractivity contribution in [3.8, 4) is 0 Å². The Bertz CT molecular complexity index is 786. The van der Waals surface area contributed by atoms with E-state index in [0.29, 0.717) is 0 Å². The molecule has 0 saturated heterocycles. The maximum absolute atomic E-state index is 8.52. The van der Waals surface area contributed by atoms with E-state index in [4.69, 9.17) is 105 Å². The molecule has 0 spiro atoms. The van der Waals surface area contributed by atoms with Crippen LogP contribution in [0.4, 0.5) is 0 Å². The van der Waals surface area contributed by atoms with Crippen LogP contribution in [0.3, 0.4) is 0 Å². The van der Waals surface area contributed by atoms with Crippen LogP contribution in [0.1, 0.15) is 0 Å². The zero-order valence-electron chi connectivity index (χ0n) is 15.1. The van der Waals surface area contributed by atoms with Gasteiger partial charge in [0.25, 0.3) is 0 Å². The van der Waals surface area contributed by atoms with Crippen molar-refractivity contribution in [2.45, 2.75) is 0 Å². The van der Waals surface area contributed by atoms with Crippen molar-refractivity contribution in [3.05, 3.63) is 0 Å². The number of hydrogen-bond acceptors (Lipinski definition) is 24. The van der Waals surface area contributed by atoms with E-state index in [0.717, 1.165) is 0 Å². The molecule has 0 aromatic rings. The molecule has 0 amide bonds. The van der Waals surface area contributed by atoms with Gasteiger partial charge in [-0.3, -0.25) is 50.5 Å². The summed E-state index contributed by atoms with van der Waals surface area (Å²) in [6.45, 7) is 0. The molecule has 217 valence electrons. The fraction of sp³-hybridized carbons (Fsp3) is 0. The molecule has 36 heavy (non-hydrogen) atoms. The Morgan fingerprint density at radius 1 is 0.333 bits per heavy atom.